The fraction of sp³-hybridized carbons (Fsp3) is 0.667. The van der Waals surface area contributed by atoms with Crippen molar-refractivity contribution in [1.82, 2.24) is 0 Å². The van der Waals surface area contributed by atoms with Crippen LogP contribution in [-0.2, 0) is 28.5 Å². The van der Waals surface area contributed by atoms with E-state index in [-0.39, 0.29) is 35.5 Å². The third-order valence-electron chi connectivity index (χ3n) is 6.38. The van der Waals surface area contributed by atoms with E-state index in [1.54, 1.807) is 6.26 Å². The van der Waals surface area contributed by atoms with E-state index in [9.17, 15) is 9.59 Å². The van der Waals surface area contributed by atoms with Gasteiger partial charge in [0, 0.05) is 31.8 Å². The number of carbonyl (C=O) groups is 2. The van der Waals surface area contributed by atoms with Crippen LogP contribution in [0.3, 0.4) is 0 Å². The van der Waals surface area contributed by atoms with Gasteiger partial charge in [0.05, 0.1) is 23.9 Å². The van der Waals surface area contributed by atoms with Gasteiger partial charge in [-0.3, -0.25) is 9.59 Å². The molecule has 1 saturated heterocycles. The van der Waals surface area contributed by atoms with Crippen molar-refractivity contribution in [2.45, 2.75) is 90.8 Å². The molecule has 166 valence electrons. The van der Waals surface area contributed by atoms with Crippen molar-refractivity contribution in [3.63, 3.8) is 0 Å². The zero-order chi connectivity index (χ0) is 22.1. The Morgan fingerprint density at radius 3 is 2.63 bits per heavy atom. The Morgan fingerprint density at radius 2 is 2.00 bits per heavy atom. The summed E-state index contributed by atoms with van der Waals surface area (Å²) in [6.45, 7) is 13.3. The average Bonchev–Trinajstić information content (AvgIpc) is 3.29. The second-order valence-electron chi connectivity index (χ2n) is 9.13. The normalized spacial score (nSPS) is 33.8. The van der Waals surface area contributed by atoms with Gasteiger partial charge in [-0.25, -0.2) is 0 Å². The summed E-state index contributed by atoms with van der Waals surface area (Å²) < 4.78 is 23.1. The standard InChI is InChI=1S/C24H34O6/c1-14(2)7-9-20(28-16(4)25)19-13-27-23(29-17(5)26)22-15(3)8-10-21-24(6,30-21)12-11-18(19)22/h7,13,18,20-23H,3,8-12H2,1-2,4-6H3/t18-,20?,21+,22+,23+,24+/m1/s1. The van der Waals surface area contributed by atoms with Crippen molar-refractivity contribution >= 4 is 11.9 Å². The molecule has 0 bridgehead atoms. The van der Waals surface area contributed by atoms with Crippen molar-refractivity contribution in [2.75, 3.05) is 0 Å². The number of fused-ring (bicyclic) bond motifs is 2. The molecule has 0 aromatic heterocycles. The van der Waals surface area contributed by atoms with E-state index in [1.807, 2.05) is 13.8 Å². The molecule has 6 nitrogen and oxygen atoms in total. The van der Waals surface area contributed by atoms with Gasteiger partial charge in [0.25, 0.3) is 0 Å². The molecule has 0 amide bonds. The molecular weight excluding hydrogens is 384 g/mol. The van der Waals surface area contributed by atoms with Crippen LogP contribution in [0.15, 0.2) is 35.6 Å². The van der Waals surface area contributed by atoms with Crippen molar-refractivity contribution in [2.24, 2.45) is 11.8 Å². The predicted molar refractivity (Wildman–Crippen MR) is 112 cm³/mol. The van der Waals surface area contributed by atoms with Crippen LogP contribution in [-0.4, -0.2) is 36.0 Å². The number of hydrogen-bond donors (Lipinski definition) is 0. The highest BCUT2D eigenvalue weighted by Crippen LogP contribution is 2.50. The minimum Gasteiger partial charge on any atom is -0.462 e. The van der Waals surface area contributed by atoms with Gasteiger partial charge in [-0.15, -0.1) is 0 Å². The average molecular weight is 419 g/mol. The SMILES string of the molecule is C=C1CC[C@@H]2O[C@@]2(C)CC[C@@H]2C(C(CC=C(C)C)OC(C)=O)=CO[C@@H](OC(C)=O)[C@@H]12. The van der Waals surface area contributed by atoms with Crippen LogP contribution in [0, 0.1) is 11.8 Å². The molecule has 1 unspecified atom stereocenters. The highest BCUT2D eigenvalue weighted by Gasteiger charge is 2.54. The fourth-order valence-corrected chi connectivity index (χ4v) is 4.71. The van der Waals surface area contributed by atoms with Crippen LogP contribution in [0.25, 0.3) is 0 Å². The van der Waals surface area contributed by atoms with Crippen LogP contribution < -0.4 is 0 Å². The number of epoxide rings is 1. The van der Waals surface area contributed by atoms with E-state index in [1.165, 1.54) is 13.8 Å². The molecule has 2 heterocycles. The van der Waals surface area contributed by atoms with E-state index in [0.717, 1.165) is 42.4 Å². The first-order chi connectivity index (χ1) is 14.1. The highest BCUT2D eigenvalue weighted by atomic mass is 16.7. The molecule has 0 N–H and O–H groups in total. The van der Waals surface area contributed by atoms with Gasteiger partial charge in [-0.1, -0.05) is 23.8 Å². The van der Waals surface area contributed by atoms with Crippen molar-refractivity contribution in [3.8, 4) is 0 Å². The maximum absolute atomic E-state index is 11.8. The van der Waals surface area contributed by atoms with E-state index < -0.39 is 12.4 Å². The summed E-state index contributed by atoms with van der Waals surface area (Å²) in [6, 6.07) is 0. The molecule has 2 fully saturated rings. The summed E-state index contributed by atoms with van der Waals surface area (Å²) in [7, 11) is 0. The zero-order valence-corrected chi connectivity index (χ0v) is 18.7. The first-order valence-corrected chi connectivity index (χ1v) is 10.8. The van der Waals surface area contributed by atoms with E-state index >= 15 is 0 Å². The lowest BCUT2D eigenvalue weighted by Gasteiger charge is -2.40. The first kappa shape index (κ1) is 22.6. The van der Waals surface area contributed by atoms with Crippen LogP contribution in [0.5, 0.6) is 0 Å². The van der Waals surface area contributed by atoms with Crippen LogP contribution in [0.4, 0.5) is 0 Å². The number of allylic oxidation sites excluding steroid dienone is 1. The molecule has 0 aromatic rings. The number of esters is 2. The maximum atomic E-state index is 11.8. The molecule has 6 heteroatoms. The van der Waals surface area contributed by atoms with Crippen LogP contribution in [0.2, 0.25) is 0 Å². The second kappa shape index (κ2) is 8.96. The highest BCUT2D eigenvalue weighted by molar-refractivity contribution is 5.67. The number of rotatable bonds is 5. The fourth-order valence-electron chi connectivity index (χ4n) is 4.71. The van der Waals surface area contributed by atoms with Gasteiger partial charge in [0.2, 0.25) is 6.29 Å². The summed E-state index contributed by atoms with van der Waals surface area (Å²) in [4.78, 5) is 23.6. The van der Waals surface area contributed by atoms with Crippen molar-refractivity contribution in [3.05, 3.63) is 35.6 Å². The molecule has 6 atom stereocenters. The Morgan fingerprint density at radius 1 is 1.27 bits per heavy atom. The van der Waals surface area contributed by atoms with Crippen molar-refractivity contribution < 1.29 is 28.5 Å². The molecule has 1 saturated carbocycles. The smallest absolute Gasteiger partial charge is 0.305 e. The Labute approximate surface area is 179 Å². The molecule has 3 aliphatic rings. The van der Waals surface area contributed by atoms with Crippen LogP contribution >= 0.6 is 0 Å². The first-order valence-electron chi connectivity index (χ1n) is 10.8. The van der Waals surface area contributed by atoms with Gasteiger partial charge in [-0.2, -0.15) is 0 Å². The Kier molecular flexibility index (Phi) is 6.75. The van der Waals surface area contributed by atoms with Gasteiger partial charge >= 0.3 is 11.9 Å². The second-order valence-corrected chi connectivity index (χ2v) is 9.13. The third kappa shape index (κ3) is 5.15. The summed E-state index contributed by atoms with van der Waals surface area (Å²) >= 11 is 0. The van der Waals surface area contributed by atoms with Gasteiger partial charge in [0.1, 0.15) is 6.10 Å². The summed E-state index contributed by atoms with van der Waals surface area (Å²) in [5.41, 5.74) is 2.94. The Balaban J connectivity index is 1.96. The zero-order valence-electron chi connectivity index (χ0n) is 18.7. The van der Waals surface area contributed by atoms with Gasteiger partial charge in [0.15, 0.2) is 0 Å². The van der Waals surface area contributed by atoms with Gasteiger partial charge < -0.3 is 18.9 Å². The Hall–Kier alpha value is -2.08. The van der Waals surface area contributed by atoms with Crippen LogP contribution in [0.1, 0.15) is 66.7 Å². The lowest BCUT2D eigenvalue weighted by atomic mass is 9.74. The summed E-state index contributed by atoms with van der Waals surface area (Å²) in [5, 5.41) is 0. The lowest BCUT2D eigenvalue weighted by Crippen LogP contribution is -2.41. The lowest BCUT2D eigenvalue weighted by molar-refractivity contribution is -0.181. The molecule has 0 radical (unpaired) electrons. The molecule has 0 spiro atoms. The molecule has 3 rings (SSSR count). The molecular formula is C24H34O6. The van der Waals surface area contributed by atoms with E-state index in [4.69, 9.17) is 18.9 Å². The number of carbonyl (C=O) groups excluding carboxylic acids is 2. The molecule has 30 heavy (non-hydrogen) atoms. The minimum absolute atomic E-state index is 0.00899. The topological polar surface area (TPSA) is 74.4 Å². The number of ether oxygens (including phenoxy) is 4. The van der Waals surface area contributed by atoms with Crippen molar-refractivity contribution in [1.29, 1.82) is 0 Å². The number of hydrogen-bond acceptors (Lipinski definition) is 6. The maximum Gasteiger partial charge on any atom is 0.305 e. The Bertz CT molecular complexity index is 762. The molecule has 1 aliphatic carbocycles. The van der Waals surface area contributed by atoms with E-state index in [2.05, 4.69) is 19.6 Å². The summed E-state index contributed by atoms with van der Waals surface area (Å²) in [5.74, 6) is -0.909. The monoisotopic (exact) mass is 418 g/mol. The molecule has 0 aromatic carbocycles. The molecule has 2 aliphatic heterocycles. The van der Waals surface area contributed by atoms with E-state index in [0.29, 0.717) is 6.42 Å². The quantitative estimate of drug-likeness (QED) is 0.369. The van der Waals surface area contributed by atoms with Gasteiger partial charge in [-0.05, 0) is 46.5 Å². The minimum atomic E-state index is -0.715. The summed E-state index contributed by atoms with van der Waals surface area (Å²) in [6.07, 6.45) is 6.74. The third-order valence-corrected chi connectivity index (χ3v) is 6.38. The predicted octanol–water partition coefficient (Wildman–Crippen LogP) is 4.60. The largest absolute Gasteiger partial charge is 0.462 e.